The van der Waals surface area contributed by atoms with Crippen LogP contribution >= 0.6 is 46.0 Å². The Kier molecular flexibility index (Phi) is 7.26. The van der Waals surface area contributed by atoms with Crippen LogP contribution in [0.15, 0.2) is 60.0 Å². The molecule has 3 nitrogen and oxygen atoms in total. The van der Waals surface area contributed by atoms with E-state index in [0.717, 1.165) is 14.0 Å². The maximum atomic E-state index is 11.8. The molecule has 0 aromatic heterocycles. The van der Waals surface area contributed by atoms with Crippen molar-refractivity contribution in [2.24, 2.45) is 0 Å². The lowest BCUT2D eigenvalue weighted by molar-refractivity contribution is -0.121. The van der Waals surface area contributed by atoms with E-state index >= 15 is 0 Å². The molecule has 23 heavy (non-hydrogen) atoms. The Labute approximate surface area is 159 Å². The fourth-order valence-corrected chi connectivity index (χ4v) is 3.27. The summed E-state index contributed by atoms with van der Waals surface area (Å²) < 4.78 is 1.12. The standard InChI is InChI=1S/C17H16ClIN2OS/c1-12(13-3-2-4-15(19)11-13)20-21-17(22)9-10-23-16-7-5-14(18)6-8-16/h2-8,11,20H,1,9-10H2,(H,21,22). The van der Waals surface area contributed by atoms with E-state index in [2.05, 4.69) is 40.0 Å². The monoisotopic (exact) mass is 458 g/mol. The summed E-state index contributed by atoms with van der Waals surface area (Å²) in [6.07, 6.45) is 0.417. The van der Waals surface area contributed by atoms with Gasteiger partial charge in [-0.15, -0.1) is 11.8 Å². The molecule has 0 saturated heterocycles. The third kappa shape index (κ3) is 6.45. The van der Waals surface area contributed by atoms with Gasteiger partial charge in [0, 0.05) is 25.7 Å². The van der Waals surface area contributed by atoms with E-state index in [4.69, 9.17) is 11.6 Å². The maximum Gasteiger partial charge on any atom is 0.239 e. The molecule has 0 aliphatic carbocycles. The second kappa shape index (κ2) is 9.20. The summed E-state index contributed by atoms with van der Waals surface area (Å²) in [5.74, 6) is 0.628. The van der Waals surface area contributed by atoms with Gasteiger partial charge in [-0.3, -0.25) is 15.6 Å². The highest BCUT2D eigenvalue weighted by molar-refractivity contribution is 14.1. The predicted molar refractivity (Wildman–Crippen MR) is 106 cm³/mol. The fourth-order valence-electron chi connectivity index (χ4n) is 1.75. The predicted octanol–water partition coefficient (Wildman–Crippen LogP) is 4.72. The summed E-state index contributed by atoms with van der Waals surface area (Å²) in [4.78, 5) is 12.9. The molecule has 1 amide bonds. The minimum absolute atomic E-state index is 0.0711. The highest BCUT2D eigenvalue weighted by atomic mass is 127. The molecule has 0 spiro atoms. The number of thioether (sulfide) groups is 1. The molecule has 0 aliphatic heterocycles. The van der Waals surface area contributed by atoms with Crippen molar-refractivity contribution in [1.82, 2.24) is 10.9 Å². The zero-order chi connectivity index (χ0) is 16.7. The molecular formula is C17H16ClIN2OS. The van der Waals surface area contributed by atoms with Crippen LogP contribution in [0.3, 0.4) is 0 Å². The van der Waals surface area contributed by atoms with Crippen LogP contribution in [0.2, 0.25) is 5.02 Å². The van der Waals surface area contributed by atoms with Crippen molar-refractivity contribution in [1.29, 1.82) is 0 Å². The lowest BCUT2D eigenvalue weighted by Crippen LogP contribution is -2.36. The number of amides is 1. The topological polar surface area (TPSA) is 41.1 Å². The number of carbonyl (C=O) groups excluding carboxylic acids is 1. The zero-order valence-corrected chi connectivity index (χ0v) is 16.0. The molecule has 120 valence electrons. The van der Waals surface area contributed by atoms with Gasteiger partial charge in [0.15, 0.2) is 0 Å². The first-order valence-electron chi connectivity index (χ1n) is 6.92. The Balaban J connectivity index is 1.70. The van der Waals surface area contributed by atoms with Gasteiger partial charge in [-0.05, 0) is 64.6 Å². The summed E-state index contributed by atoms with van der Waals surface area (Å²) in [5, 5.41) is 0.713. The van der Waals surface area contributed by atoms with Gasteiger partial charge >= 0.3 is 0 Å². The van der Waals surface area contributed by atoms with E-state index in [9.17, 15) is 4.79 Å². The van der Waals surface area contributed by atoms with Crippen LogP contribution in [0.1, 0.15) is 12.0 Å². The Morgan fingerprint density at radius 1 is 1.17 bits per heavy atom. The minimum atomic E-state index is -0.0711. The molecule has 0 saturated carbocycles. The number of halogens is 2. The summed E-state index contributed by atoms with van der Waals surface area (Å²) in [7, 11) is 0. The molecule has 0 aliphatic rings. The largest absolute Gasteiger partial charge is 0.299 e. The van der Waals surface area contributed by atoms with Crippen molar-refractivity contribution >= 4 is 57.6 Å². The SMILES string of the molecule is C=C(NNC(=O)CCSc1ccc(Cl)cc1)c1cccc(I)c1. The molecular weight excluding hydrogens is 443 g/mol. The molecule has 0 bridgehead atoms. The number of benzene rings is 2. The molecule has 0 unspecified atom stereocenters. The number of nitrogens with one attached hydrogen (secondary N) is 2. The third-order valence-corrected chi connectivity index (χ3v) is 4.87. The van der Waals surface area contributed by atoms with Crippen LogP contribution in [0.4, 0.5) is 0 Å². The Bertz CT molecular complexity index is 691. The normalized spacial score (nSPS) is 10.2. The highest BCUT2D eigenvalue weighted by Crippen LogP contribution is 2.20. The summed E-state index contributed by atoms with van der Waals surface area (Å²) in [6.45, 7) is 3.93. The van der Waals surface area contributed by atoms with Crippen molar-refractivity contribution < 1.29 is 4.79 Å². The minimum Gasteiger partial charge on any atom is -0.299 e. The summed E-state index contributed by atoms with van der Waals surface area (Å²) in [6, 6.07) is 15.5. The first-order valence-corrected chi connectivity index (χ1v) is 9.37. The maximum absolute atomic E-state index is 11.8. The molecule has 2 rings (SSSR count). The molecule has 0 atom stereocenters. The van der Waals surface area contributed by atoms with E-state index in [0.29, 0.717) is 22.9 Å². The van der Waals surface area contributed by atoms with Gasteiger partial charge in [0.25, 0.3) is 0 Å². The van der Waals surface area contributed by atoms with E-state index in [-0.39, 0.29) is 5.91 Å². The second-order valence-electron chi connectivity index (χ2n) is 4.71. The summed E-state index contributed by atoms with van der Waals surface area (Å²) in [5.41, 5.74) is 7.15. The van der Waals surface area contributed by atoms with Gasteiger partial charge in [-0.25, -0.2) is 0 Å². The number of rotatable bonds is 7. The Morgan fingerprint density at radius 3 is 2.61 bits per heavy atom. The molecule has 6 heteroatoms. The number of hydrogen-bond acceptors (Lipinski definition) is 3. The lowest BCUT2D eigenvalue weighted by atomic mass is 10.2. The second-order valence-corrected chi connectivity index (χ2v) is 7.56. The quantitative estimate of drug-likeness (QED) is 0.358. The van der Waals surface area contributed by atoms with Gasteiger partial charge < -0.3 is 0 Å². The average Bonchev–Trinajstić information content (AvgIpc) is 2.54. The van der Waals surface area contributed by atoms with E-state index in [1.165, 1.54) is 0 Å². The van der Waals surface area contributed by atoms with Crippen molar-refractivity contribution in [3.63, 3.8) is 0 Å². The van der Waals surface area contributed by atoms with Crippen molar-refractivity contribution in [3.8, 4) is 0 Å². The molecule has 2 N–H and O–H groups in total. The van der Waals surface area contributed by atoms with Gasteiger partial charge in [-0.1, -0.05) is 30.3 Å². The zero-order valence-electron chi connectivity index (χ0n) is 12.3. The van der Waals surface area contributed by atoms with E-state index in [1.54, 1.807) is 11.8 Å². The van der Waals surface area contributed by atoms with Crippen LogP contribution in [0.25, 0.3) is 5.70 Å². The van der Waals surface area contributed by atoms with Crippen molar-refractivity contribution in [3.05, 3.63) is 69.3 Å². The van der Waals surface area contributed by atoms with Crippen molar-refractivity contribution in [2.45, 2.75) is 11.3 Å². The smallest absolute Gasteiger partial charge is 0.239 e. The van der Waals surface area contributed by atoms with Crippen LogP contribution < -0.4 is 10.9 Å². The van der Waals surface area contributed by atoms with Crippen LogP contribution in [-0.2, 0) is 4.79 Å². The average molecular weight is 459 g/mol. The molecule has 2 aromatic rings. The first kappa shape index (κ1) is 18.2. The van der Waals surface area contributed by atoms with Gasteiger partial charge in [0.2, 0.25) is 5.91 Å². The molecule has 0 radical (unpaired) electrons. The third-order valence-electron chi connectivity index (χ3n) is 2.94. The van der Waals surface area contributed by atoms with Crippen LogP contribution in [0.5, 0.6) is 0 Å². The number of hydrazine groups is 1. The molecule has 0 fully saturated rings. The number of hydrogen-bond donors (Lipinski definition) is 2. The summed E-state index contributed by atoms with van der Waals surface area (Å²) >= 11 is 9.70. The number of carbonyl (C=O) groups is 1. The highest BCUT2D eigenvalue weighted by Gasteiger charge is 2.04. The Morgan fingerprint density at radius 2 is 1.91 bits per heavy atom. The first-order chi connectivity index (χ1) is 11.0. The van der Waals surface area contributed by atoms with Gasteiger partial charge in [0.1, 0.15) is 0 Å². The van der Waals surface area contributed by atoms with Gasteiger partial charge in [0.05, 0.1) is 5.70 Å². The lowest BCUT2D eigenvalue weighted by Gasteiger charge is -2.11. The van der Waals surface area contributed by atoms with Gasteiger partial charge in [-0.2, -0.15) is 0 Å². The molecule has 2 aromatic carbocycles. The van der Waals surface area contributed by atoms with Crippen LogP contribution in [-0.4, -0.2) is 11.7 Å². The van der Waals surface area contributed by atoms with E-state index < -0.39 is 0 Å². The Hall–Kier alpha value is -1.18. The van der Waals surface area contributed by atoms with Crippen LogP contribution in [0, 0.1) is 3.57 Å². The van der Waals surface area contributed by atoms with Crippen molar-refractivity contribution in [2.75, 3.05) is 5.75 Å². The fraction of sp³-hybridized carbons (Fsp3) is 0.118. The van der Waals surface area contributed by atoms with E-state index in [1.807, 2.05) is 48.5 Å². The molecule has 0 heterocycles.